The summed E-state index contributed by atoms with van der Waals surface area (Å²) in [5, 5.41) is 2.58. The minimum Gasteiger partial charge on any atom is -0.444 e. The Balaban J connectivity index is 2.38. The number of nitrogens with one attached hydrogen (secondary N) is 1. The minimum absolute atomic E-state index is 0.215. The highest BCUT2D eigenvalue weighted by Gasteiger charge is 2.26. The summed E-state index contributed by atoms with van der Waals surface area (Å²) < 4.78 is 17.9. The van der Waals surface area contributed by atoms with Crippen molar-refractivity contribution >= 4 is 18.1 Å². The summed E-state index contributed by atoms with van der Waals surface area (Å²) in [7, 11) is 0. The largest absolute Gasteiger partial charge is 0.444 e. The second kappa shape index (κ2) is 4.40. The predicted molar refractivity (Wildman–Crippen MR) is 57.8 cm³/mol. The lowest BCUT2D eigenvalue weighted by Crippen LogP contribution is -2.48. The quantitative estimate of drug-likeness (QED) is 0.793. The molecule has 1 aromatic rings. The van der Waals surface area contributed by atoms with E-state index in [-0.39, 0.29) is 18.1 Å². The molecule has 1 amide bonds. The number of benzene rings is 1. The Morgan fingerprint density at radius 3 is 3.06 bits per heavy atom. The molecule has 0 aliphatic carbocycles. The smallest absolute Gasteiger partial charge is 0.294 e. The van der Waals surface area contributed by atoms with Gasteiger partial charge in [0.25, 0.3) is 12.4 Å². The highest BCUT2D eigenvalue weighted by atomic mass is 19.1. The summed E-state index contributed by atoms with van der Waals surface area (Å²) in [6.45, 7) is 2.22. The van der Waals surface area contributed by atoms with Gasteiger partial charge in [-0.25, -0.2) is 4.39 Å². The molecule has 0 saturated carbocycles. The standard InChI is InChI=1S/C11H11FN2O3/c1-7(17-6-15)14-5-13-11(16)9-4-8(12)2-3-10(9)14/h2-4,6-7H,5H2,1H3,(H,13,16). The normalized spacial score (nSPS) is 15.9. The van der Waals surface area contributed by atoms with Crippen LogP contribution in [0.3, 0.4) is 0 Å². The van der Waals surface area contributed by atoms with E-state index < -0.39 is 12.0 Å². The topological polar surface area (TPSA) is 58.6 Å². The Hall–Kier alpha value is -2.11. The van der Waals surface area contributed by atoms with Gasteiger partial charge >= 0.3 is 0 Å². The first-order valence-corrected chi connectivity index (χ1v) is 5.07. The number of anilines is 1. The summed E-state index contributed by atoms with van der Waals surface area (Å²) in [5.41, 5.74) is 0.780. The molecule has 1 unspecified atom stereocenters. The van der Waals surface area contributed by atoms with Crippen molar-refractivity contribution in [3.63, 3.8) is 0 Å². The van der Waals surface area contributed by atoms with E-state index in [0.29, 0.717) is 12.2 Å². The number of hydrogen-bond acceptors (Lipinski definition) is 4. The van der Waals surface area contributed by atoms with E-state index in [0.717, 1.165) is 6.07 Å². The van der Waals surface area contributed by atoms with Crippen LogP contribution in [-0.2, 0) is 9.53 Å². The zero-order valence-electron chi connectivity index (χ0n) is 9.14. The van der Waals surface area contributed by atoms with Gasteiger partial charge in [-0.1, -0.05) is 0 Å². The van der Waals surface area contributed by atoms with E-state index in [1.807, 2.05) is 0 Å². The van der Waals surface area contributed by atoms with Crippen LogP contribution in [0.1, 0.15) is 17.3 Å². The van der Waals surface area contributed by atoms with Gasteiger partial charge < -0.3 is 15.0 Å². The molecule has 1 atom stereocenters. The molecule has 0 bridgehead atoms. The molecular weight excluding hydrogens is 227 g/mol. The number of amides is 1. The molecule has 0 saturated heterocycles. The average molecular weight is 238 g/mol. The van der Waals surface area contributed by atoms with Crippen LogP contribution in [0.15, 0.2) is 18.2 Å². The highest BCUT2D eigenvalue weighted by molar-refractivity contribution is 6.01. The van der Waals surface area contributed by atoms with E-state index in [1.165, 1.54) is 12.1 Å². The third kappa shape index (κ3) is 2.06. The van der Waals surface area contributed by atoms with Crippen molar-refractivity contribution in [3.05, 3.63) is 29.6 Å². The van der Waals surface area contributed by atoms with Crippen LogP contribution in [0.4, 0.5) is 10.1 Å². The number of ether oxygens (including phenoxy) is 1. The molecular formula is C11H11FN2O3. The van der Waals surface area contributed by atoms with Gasteiger partial charge in [0.1, 0.15) is 5.82 Å². The monoisotopic (exact) mass is 238 g/mol. The molecule has 0 fully saturated rings. The minimum atomic E-state index is -0.530. The lowest BCUT2D eigenvalue weighted by atomic mass is 10.1. The molecule has 6 heteroatoms. The van der Waals surface area contributed by atoms with E-state index in [1.54, 1.807) is 11.8 Å². The fraction of sp³-hybridized carbons (Fsp3) is 0.273. The first-order valence-electron chi connectivity index (χ1n) is 5.07. The third-order valence-electron chi connectivity index (χ3n) is 2.61. The molecule has 5 nitrogen and oxygen atoms in total. The van der Waals surface area contributed by atoms with Gasteiger partial charge in [-0.3, -0.25) is 9.59 Å². The Labute approximate surface area is 97.2 Å². The fourth-order valence-corrected chi connectivity index (χ4v) is 1.76. The second-order valence-corrected chi connectivity index (χ2v) is 3.63. The maximum atomic E-state index is 13.1. The maximum absolute atomic E-state index is 13.1. The highest BCUT2D eigenvalue weighted by Crippen LogP contribution is 2.26. The Morgan fingerprint density at radius 1 is 1.59 bits per heavy atom. The van der Waals surface area contributed by atoms with Gasteiger partial charge in [0, 0.05) is 0 Å². The van der Waals surface area contributed by atoms with Crippen LogP contribution in [0.25, 0.3) is 0 Å². The van der Waals surface area contributed by atoms with Crippen LogP contribution in [0.5, 0.6) is 0 Å². The summed E-state index contributed by atoms with van der Waals surface area (Å²) in [6.07, 6.45) is -0.530. The molecule has 90 valence electrons. The first kappa shape index (κ1) is 11.4. The van der Waals surface area contributed by atoms with E-state index in [4.69, 9.17) is 4.74 Å². The zero-order chi connectivity index (χ0) is 12.4. The molecule has 17 heavy (non-hydrogen) atoms. The van der Waals surface area contributed by atoms with E-state index in [9.17, 15) is 14.0 Å². The fourth-order valence-electron chi connectivity index (χ4n) is 1.76. The van der Waals surface area contributed by atoms with Gasteiger partial charge in [0.15, 0.2) is 6.23 Å². The Kier molecular flexibility index (Phi) is 2.95. The van der Waals surface area contributed by atoms with Crippen molar-refractivity contribution in [1.29, 1.82) is 0 Å². The molecule has 1 aliphatic rings. The van der Waals surface area contributed by atoms with Gasteiger partial charge in [-0.15, -0.1) is 0 Å². The average Bonchev–Trinajstić information content (AvgIpc) is 2.30. The van der Waals surface area contributed by atoms with E-state index in [2.05, 4.69) is 5.32 Å². The molecule has 2 rings (SSSR count). The lowest BCUT2D eigenvalue weighted by molar-refractivity contribution is -0.132. The summed E-state index contributed by atoms with van der Waals surface area (Å²) in [5.74, 6) is -0.821. The molecule has 1 aliphatic heterocycles. The third-order valence-corrected chi connectivity index (χ3v) is 2.61. The molecule has 0 radical (unpaired) electrons. The number of hydrogen-bond donors (Lipinski definition) is 1. The van der Waals surface area contributed by atoms with Crippen molar-refractivity contribution in [2.45, 2.75) is 13.2 Å². The van der Waals surface area contributed by atoms with Gasteiger partial charge in [-0.2, -0.15) is 0 Å². The molecule has 0 spiro atoms. The van der Waals surface area contributed by atoms with Gasteiger partial charge in [-0.05, 0) is 25.1 Å². The number of nitrogens with zero attached hydrogens (tertiary/aromatic N) is 1. The summed E-state index contributed by atoms with van der Waals surface area (Å²) in [4.78, 5) is 23.5. The van der Waals surface area contributed by atoms with Crippen molar-refractivity contribution < 1.29 is 18.7 Å². The lowest BCUT2D eigenvalue weighted by Gasteiger charge is -2.34. The van der Waals surface area contributed by atoms with Crippen LogP contribution in [0.2, 0.25) is 0 Å². The SMILES string of the molecule is CC(OC=O)N1CNC(=O)c2cc(F)ccc21. The predicted octanol–water partition coefficient (Wildman–Crippen LogP) is 0.852. The van der Waals surface area contributed by atoms with Gasteiger partial charge in [0.05, 0.1) is 17.9 Å². The second-order valence-electron chi connectivity index (χ2n) is 3.63. The van der Waals surface area contributed by atoms with Crippen LogP contribution >= 0.6 is 0 Å². The number of halogens is 1. The molecule has 1 aromatic carbocycles. The summed E-state index contributed by atoms with van der Waals surface area (Å²) in [6, 6.07) is 3.91. The van der Waals surface area contributed by atoms with Crippen molar-refractivity contribution in [2.24, 2.45) is 0 Å². The Morgan fingerprint density at radius 2 is 2.35 bits per heavy atom. The first-order chi connectivity index (χ1) is 8.13. The number of carbonyl (C=O) groups excluding carboxylic acids is 2. The van der Waals surface area contributed by atoms with Crippen LogP contribution in [-0.4, -0.2) is 25.3 Å². The molecule has 1 N–H and O–H groups in total. The zero-order valence-corrected chi connectivity index (χ0v) is 9.14. The van der Waals surface area contributed by atoms with Crippen LogP contribution < -0.4 is 10.2 Å². The Bertz CT molecular complexity index is 464. The number of fused-ring (bicyclic) bond motifs is 1. The van der Waals surface area contributed by atoms with Crippen molar-refractivity contribution in [1.82, 2.24) is 5.32 Å². The molecule has 1 heterocycles. The molecule has 0 aromatic heterocycles. The van der Waals surface area contributed by atoms with Gasteiger partial charge in [0.2, 0.25) is 0 Å². The van der Waals surface area contributed by atoms with Crippen LogP contribution in [0, 0.1) is 5.82 Å². The van der Waals surface area contributed by atoms with Crippen molar-refractivity contribution in [3.8, 4) is 0 Å². The number of rotatable bonds is 3. The van der Waals surface area contributed by atoms with E-state index >= 15 is 0 Å². The number of carbonyl (C=O) groups is 2. The van der Waals surface area contributed by atoms with Crippen molar-refractivity contribution in [2.75, 3.05) is 11.6 Å². The maximum Gasteiger partial charge on any atom is 0.294 e. The summed E-state index contributed by atoms with van der Waals surface area (Å²) >= 11 is 0.